The van der Waals surface area contributed by atoms with Crippen LogP contribution < -0.4 is 19.7 Å². The van der Waals surface area contributed by atoms with Crippen LogP contribution >= 0.6 is 0 Å². The smallest absolute Gasteiger partial charge is 0.249 e. The maximum atomic E-state index is 12.3. The number of β-amino-alcohol motifs (C(OH)–C–C–N with tert-alkyl or cyclic N) is 1. The molecule has 1 aliphatic heterocycles. The molecule has 1 aliphatic rings. The van der Waals surface area contributed by atoms with Crippen LogP contribution in [0.15, 0.2) is 12.1 Å². The normalized spacial score (nSPS) is 18.8. The maximum absolute atomic E-state index is 12.3. The molecule has 1 amide bonds. The van der Waals surface area contributed by atoms with Gasteiger partial charge in [0, 0.05) is 12.1 Å². The van der Waals surface area contributed by atoms with E-state index in [9.17, 15) is 9.90 Å². The fourth-order valence-corrected chi connectivity index (χ4v) is 2.31. The summed E-state index contributed by atoms with van der Waals surface area (Å²) >= 11 is 0. The Morgan fingerprint density at radius 3 is 2.52 bits per heavy atom. The van der Waals surface area contributed by atoms with Gasteiger partial charge < -0.3 is 29.9 Å². The third kappa shape index (κ3) is 2.88. The second-order valence-corrected chi connectivity index (χ2v) is 4.88. The number of nitrogens with zero attached hydrogens (tertiary/aromatic N) is 1. The molecule has 2 atom stereocenters. The molecule has 0 aliphatic carbocycles. The first-order valence-electron chi connectivity index (χ1n) is 6.64. The highest BCUT2D eigenvalue weighted by Crippen LogP contribution is 2.41. The Morgan fingerprint density at radius 1 is 1.33 bits per heavy atom. The van der Waals surface area contributed by atoms with Crippen molar-refractivity contribution in [1.82, 2.24) is 0 Å². The van der Waals surface area contributed by atoms with Crippen molar-refractivity contribution in [3.8, 4) is 11.5 Å². The van der Waals surface area contributed by atoms with Gasteiger partial charge in [0.2, 0.25) is 5.91 Å². The van der Waals surface area contributed by atoms with Gasteiger partial charge >= 0.3 is 0 Å². The Hall–Kier alpha value is -1.99. The van der Waals surface area contributed by atoms with Gasteiger partial charge in [-0.05, 0) is 6.92 Å². The van der Waals surface area contributed by atoms with E-state index in [0.717, 1.165) is 0 Å². The molecule has 0 radical (unpaired) electrons. The number of hydrogen-bond acceptors (Lipinski definition) is 6. The third-order valence-electron chi connectivity index (χ3n) is 3.41. The molecular weight excluding hydrogens is 276 g/mol. The SMILES string of the molecule is COc1cc2c(cc1OC)N(CC(O)CO)C(=O)C(C)N2. The standard InChI is InChI=1S/C14H20N2O5/c1-8-14(19)16(6-9(18)7-17)11-5-13(21-3)12(20-2)4-10(11)15-8/h4-5,8-9,15,17-18H,6-7H2,1-3H3. The predicted octanol–water partition coefficient (Wildman–Crippen LogP) is 0.204. The molecule has 1 aromatic rings. The molecule has 7 heteroatoms. The summed E-state index contributed by atoms with van der Waals surface area (Å²) in [5.74, 6) is 0.860. The average Bonchev–Trinajstić information content (AvgIpc) is 2.50. The number of ether oxygens (including phenoxy) is 2. The molecule has 0 spiro atoms. The maximum Gasteiger partial charge on any atom is 0.249 e. The molecule has 1 heterocycles. The summed E-state index contributed by atoms with van der Waals surface area (Å²) in [6.45, 7) is 1.35. The summed E-state index contributed by atoms with van der Waals surface area (Å²) in [5.41, 5.74) is 1.30. The average molecular weight is 296 g/mol. The molecule has 2 unspecified atom stereocenters. The molecule has 0 bridgehead atoms. The summed E-state index contributed by atoms with van der Waals surface area (Å²) in [4.78, 5) is 13.7. The number of aliphatic hydroxyl groups excluding tert-OH is 2. The van der Waals surface area contributed by atoms with Gasteiger partial charge in [-0.15, -0.1) is 0 Å². The highest BCUT2D eigenvalue weighted by Gasteiger charge is 2.32. The van der Waals surface area contributed by atoms with E-state index in [1.165, 1.54) is 19.1 Å². The Labute approximate surface area is 123 Å². The molecule has 7 nitrogen and oxygen atoms in total. The summed E-state index contributed by atoms with van der Waals surface area (Å²) in [7, 11) is 3.05. The lowest BCUT2D eigenvalue weighted by Crippen LogP contribution is -2.49. The van der Waals surface area contributed by atoms with Crippen molar-refractivity contribution in [2.24, 2.45) is 0 Å². The number of benzene rings is 1. The van der Waals surface area contributed by atoms with E-state index in [4.69, 9.17) is 14.6 Å². The van der Waals surface area contributed by atoms with E-state index < -0.39 is 18.8 Å². The van der Waals surface area contributed by atoms with Gasteiger partial charge in [0.15, 0.2) is 11.5 Å². The van der Waals surface area contributed by atoms with Crippen LogP contribution in [0, 0.1) is 0 Å². The van der Waals surface area contributed by atoms with Gasteiger partial charge in [-0.3, -0.25) is 4.79 Å². The van der Waals surface area contributed by atoms with Gasteiger partial charge in [-0.25, -0.2) is 0 Å². The minimum Gasteiger partial charge on any atom is -0.493 e. The largest absolute Gasteiger partial charge is 0.493 e. The van der Waals surface area contributed by atoms with Crippen LogP contribution in [0.5, 0.6) is 11.5 Å². The van der Waals surface area contributed by atoms with Crippen LogP contribution in [0.4, 0.5) is 11.4 Å². The Kier molecular flexibility index (Phi) is 4.54. The zero-order valence-electron chi connectivity index (χ0n) is 12.3. The minimum absolute atomic E-state index is 0.0177. The number of anilines is 2. The summed E-state index contributed by atoms with van der Waals surface area (Å²) in [6.07, 6.45) is -1.000. The van der Waals surface area contributed by atoms with Crippen LogP contribution in [0.2, 0.25) is 0 Å². The van der Waals surface area contributed by atoms with Gasteiger partial charge in [-0.2, -0.15) is 0 Å². The zero-order chi connectivity index (χ0) is 15.6. The fourth-order valence-electron chi connectivity index (χ4n) is 2.31. The van der Waals surface area contributed by atoms with Crippen LogP contribution in [-0.2, 0) is 4.79 Å². The van der Waals surface area contributed by atoms with E-state index in [2.05, 4.69) is 5.32 Å². The number of methoxy groups -OCH3 is 2. The van der Waals surface area contributed by atoms with Crippen LogP contribution in [0.3, 0.4) is 0 Å². The fraction of sp³-hybridized carbons (Fsp3) is 0.500. The molecule has 116 valence electrons. The van der Waals surface area contributed by atoms with Crippen molar-refractivity contribution in [3.63, 3.8) is 0 Å². The summed E-state index contributed by atoms with van der Waals surface area (Å²) in [5, 5.41) is 21.7. The number of carbonyl (C=O) groups is 1. The molecular formula is C14H20N2O5. The van der Waals surface area contributed by atoms with E-state index in [-0.39, 0.29) is 12.5 Å². The van der Waals surface area contributed by atoms with Gasteiger partial charge in [0.05, 0.1) is 44.8 Å². The number of fused-ring (bicyclic) bond motifs is 1. The van der Waals surface area contributed by atoms with Crippen molar-refractivity contribution in [2.75, 3.05) is 37.6 Å². The van der Waals surface area contributed by atoms with Crippen molar-refractivity contribution < 1.29 is 24.5 Å². The van der Waals surface area contributed by atoms with E-state index in [1.807, 2.05) is 0 Å². The number of amides is 1. The molecule has 21 heavy (non-hydrogen) atoms. The van der Waals surface area contributed by atoms with Crippen LogP contribution in [0.25, 0.3) is 0 Å². The number of nitrogens with one attached hydrogen (secondary N) is 1. The lowest BCUT2D eigenvalue weighted by atomic mass is 10.1. The quantitative estimate of drug-likeness (QED) is 0.719. The monoisotopic (exact) mass is 296 g/mol. The van der Waals surface area contributed by atoms with Crippen molar-refractivity contribution in [2.45, 2.75) is 19.1 Å². The van der Waals surface area contributed by atoms with E-state index in [1.54, 1.807) is 19.1 Å². The molecule has 3 N–H and O–H groups in total. The molecule has 0 saturated carbocycles. The number of aliphatic hydroxyl groups is 2. The van der Waals surface area contributed by atoms with Crippen molar-refractivity contribution >= 4 is 17.3 Å². The Morgan fingerprint density at radius 2 is 1.95 bits per heavy atom. The second-order valence-electron chi connectivity index (χ2n) is 4.88. The summed E-state index contributed by atoms with van der Waals surface area (Å²) in [6, 6.07) is 2.99. The lowest BCUT2D eigenvalue weighted by Gasteiger charge is -2.35. The van der Waals surface area contributed by atoms with Crippen LogP contribution in [-0.4, -0.2) is 55.6 Å². The predicted molar refractivity (Wildman–Crippen MR) is 78.1 cm³/mol. The van der Waals surface area contributed by atoms with Crippen molar-refractivity contribution in [1.29, 1.82) is 0 Å². The van der Waals surface area contributed by atoms with Gasteiger partial charge in [-0.1, -0.05) is 0 Å². The molecule has 0 saturated heterocycles. The first-order valence-corrected chi connectivity index (χ1v) is 6.64. The summed E-state index contributed by atoms with van der Waals surface area (Å²) < 4.78 is 10.5. The molecule has 0 aromatic heterocycles. The second kappa shape index (κ2) is 6.19. The minimum atomic E-state index is -1.000. The Bertz CT molecular complexity index is 534. The first kappa shape index (κ1) is 15.4. The van der Waals surface area contributed by atoms with Gasteiger partial charge in [0.1, 0.15) is 6.04 Å². The Balaban J connectivity index is 2.46. The number of rotatable bonds is 5. The number of hydrogen-bond donors (Lipinski definition) is 3. The topological polar surface area (TPSA) is 91.3 Å². The third-order valence-corrected chi connectivity index (χ3v) is 3.41. The molecule has 0 fully saturated rings. The highest BCUT2D eigenvalue weighted by atomic mass is 16.5. The highest BCUT2D eigenvalue weighted by molar-refractivity contribution is 6.05. The molecule has 2 rings (SSSR count). The van der Waals surface area contributed by atoms with E-state index >= 15 is 0 Å². The zero-order valence-corrected chi connectivity index (χ0v) is 12.3. The lowest BCUT2D eigenvalue weighted by molar-refractivity contribution is -0.119. The van der Waals surface area contributed by atoms with Crippen LogP contribution in [0.1, 0.15) is 6.92 Å². The van der Waals surface area contributed by atoms with Crippen molar-refractivity contribution in [3.05, 3.63) is 12.1 Å². The number of carbonyl (C=O) groups excluding carboxylic acids is 1. The van der Waals surface area contributed by atoms with Gasteiger partial charge in [0.25, 0.3) is 0 Å². The van der Waals surface area contributed by atoms with E-state index in [0.29, 0.717) is 22.9 Å². The molecule has 1 aromatic carbocycles. The first-order chi connectivity index (χ1) is 10.0.